The zero-order valence-electron chi connectivity index (χ0n) is 8.10. The minimum atomic E-state index is -1.61. The van der Waals surface area contributed by atoms with Gasteiger partial charge in [-0.15, -0.1) is 0 Å². The molecule has 0 aromatic carbocycles. The van der Waals surface area contributed by atoms with Crippen LogP contribution >= 0.6 is 0 Å². The van der Waals surface area contributed by atoms with Crippen molar-refractivity contribution < 1.29 is 53.4 Å². The smallest absolute Gasteiger partial charge is 0.542 e. The maximum atomic E-state index is 10.9. The maximum Gasteiger partial charge on any atom is 1.00 e. The summed E-state index contributed by atoms with van der Waals surface area (Å²) in [6, 6.07) is 1.99. The van der Waals surface area contributed by atoms with E-state index in [4.69, 9.17) is 0 Å². The summed E-state index contributed by atoms with van der Waals surface area (Å²) in [6.07, 6.45) is 0. The minimum absolute atomic E-state index is 0. The van der Waals surface area contributed by atoms with Crippen LogP contribution in [0.5, 0.6) is 5.75 Å². The number of carboxylic acids is 1. The average molecular weight is 220 g/mol. The van der Waals surface area contributed by atoms with E-state index in [0.717, 1.165) is 19.1 Å². The molecule has 0 aliphatic rings. The van der Waals surface area contributed by atoms with Gasteiger partial charge in [-0.2, -0.15) is 0 Å². The Labute approximate surface area is 106 Å². The number of hydrogen-bond acceptors (Lipinski definition) is 6. The first kappa shape index (κ1) is 13.9. The largest absolute Gasteiger partial charge is 1.00 e. The normalized spacial score (nSPS) is 8.87. The monoisotopic (exact) mass is 220 g/mol. The molecule has 1 rings (SSSR count). The molecule has 0 aliphatic carbocycles. The molecule has 7 heteroatoms. The van der Waals surface area contributed by atoms with Crippen LogP contribution in [0, 0.1) is 0 Å². The van der Waals surface area contributed by atoms with Crippen LogP contribution in [-0.2, 0) is 4.79 Å². The van der Waals surface area contributed by atoms with Crippen molar-refractivity contribution in [2.45, 2.75) is 6.92 Å². The summed E-state index contributed by atoms with van der Waals surface area (Å²) in [4.78, 5) is 31.6. The molecule has 1 heterocycles. The van der Waals surface area contributed by atoms with E-state index in [1.165, 1.54) is 0 Å². The van der Waals surface area contributed by atoms with Gasteiger partial charge in [0.05, 0.1) is 0 Å². The van der Waals surface area contributed by atoms with Crippen molar-refractivity contribution in [1.82, 2.24) is 0 Å². The van der Waals surface area contributed by atoms with E-state index < -0.39 is 23.3 Å². The third-order valence-electron chi connectivity index (χ3n) is 1.24. The van der Waals surface area contributed by atoms with Crippen LogP contribution in [0.3, 0.4) is 0 Å². The molecule has 15 heavy (non-hydrogen) atoms. The number of aromatic carboxylic acids is 1. The molecule has 0 N–H and O–H groups in total. The molecule has 0 fully saturated rings. The van der Waals surface area contributed by atoms with Gasteiger partial charge in [0.15, 0.2) is 5.76 Å². The summed E-state index contributed by atoms with van der Waals surface area (Å²) in [6.45, 7) is 1.10. The molecular formula is C8H5NaO6. The zero-order chi connectivity index (χ0) is 10.7. The van der Waals surface area contributed by atoms with E-state index in [2.05, 4.69) is 9.15 Å². The van der Waals surface area contributed by atoms with E-state index in [1.54, 1.807) is 0 Å². The quantitative estimate of drug-likeness (QED) is 0.371. The molecule has 0 radical (unpaired) electrons. The number of esters is 1. The van der Waals surface area contributed by atoms with Crippen molar-refractivity contribution in [2.75, 3.05) is 0 Å². The van der Waals surface area contributed by atoms with Gasteiger partial charge in [-0.3, -0.25) is 4.79 Å². The Morgan fingerprint density at radius 1 is 1.40 bits per heavy atom. The first-order chi connectivity index (χ1) is 6.50. The minimum Gasteiger partial charge on any atom is -0.542 e. The summed E-state index contributed by atoms with van der Waals surface area (Å²) >= 11 is 0. The molecule has 0 saturated heterocycles. The molecule has 0 aliphatic heterocycles. The van der Waals surface area contributed by atoms with Gasteiger partial charge in [-0.25, -0.2) is 4.79 Å². The van der Waals surface area contributed by atoms with Crippen LogP contribution in [0.15, 0.2) is 21.3 Å². The first-order valence-electron chi connectivity index (χ1n) is 3.54. The van der Waals surface area contributed by atoms with Crippen LogP contribution in [0.2, 0.25) is 0 Å². The predicted octanol–water partition coefficient (Wildman–Crippen LogP) is -4.07. The predicted molar refractivity (Wildman–Crippen MR) is 40.6 cm³/mol. The molecule has 0 unspecified atom stereocenters. The fourth-order valence-electron chi connectivity index (χ4n) is 0.744. The van der Waals surface area contributed by atoms with Gasteiger partial charge in [0, 0.05) is 6.92 Å². The van der Waals surface area contributed by atoms with Crippen LogP contribution in [0.1, 0.15) is 17.5 Å². The molecular weight excluding hydrogens is 215 g/mol. The number of carbonyl (C=O) groups is 2. The van der Waals surface area contributed by atoms with Gasteiger partial charge in [-0.05, 0) is 12.1 Å². The number of rotatable bonds is 2. The number of ether oxygens (including phenoxy) is 1. The standard InChI is InChI=1S/C8H6O6.Na/c1-4(9)13-6-3-2-5(7(10)11)14-8(6)12;/h2-3H,1H3,(H,10,11);/q;+1/p-1. The molecule has 1 aromatic heterocycles. The molecule has 0 bridgehead atoms. The van der Waals surface area contributed by atoms with Gasteiger partial charge in [0.2, 0.25) is 5.75 Å². The molecule has 74 valence electrons. The van der Waals surface area contributed by atoms with E-state index in [9.17, 15) is 19.5 Å². The number of carboxylic acid groups (broad SMARTS) is 1. The van der Waals surface area contributed by atoms with Gasteiger partial charge in [0.1, 0.15) is 5.97 Å². The Bertz CT molecular complexity index is 435. The fourth-order valence-corrected chi connectivity index (χ4v) is 0.744. The van der Waals surface area contributed by atoms with Crippen molar-refractivity contribution in [2.24, 2.45) is 0 Å². The maximum absolute atomic E-state index is 10.9. The Kier molecular flexibility index (Phi) is 5.27. The van der Waals surface area contributed by atoms with E-state index in [0.29, 0.717) is 0 Å². The van der Waals surface area contributed by atoms with Crippen LogP contribution in [0.4, 0.5) is 0 Å². The van der Waals surface area contributed by atoms with Crippen molar-refractivity contribution in [3.8, 4) is 5.75 Å². The van der Waals surface area contributed by atoms with Crippen molar-refractivity contribution in [3.63, 3.8) is 0 Å². The number of carbonyl (C=O) groups excluding carboxylic acids is 2. The second kappa shape index (κ2) is 5.69. The molecule has 1 aromatic rings. The molecule has 6 nitrogen and oxygen atoms in total. The Morgan fingerprint density at radius 3 is 2.40 bits per heavy atom. The Morgan fingerprint density at radius 2 is 2.00 bits per heavy atom. The van der Waals surface area contributed by atoms with E-state index in [-0.39, 0.29) is 35.3 Å². The zero-order valence-corrected chi connectivity index (χ0v) is 10.1. The second-order valence-corrected chi connectivity index (χ2v) is 2.33. The van der Waals surface area contributed by atoms with Crippen molar-refractivity contribution >= 4 is 11.9 Å². The number of hydrogen-bond donors (Lipinski definition) is 0. The Hall–Kier alpha value is -1.11. The van der Waals surface area contributed by atoms with Crippen molar-refractivity contribution in [3.05, 3.63) is 28.3 Å². The fraction of sp³-hybridized carbons (Fsp3) is 0.125. The SMILES string of the molecule is CC(=O)Oc1ccc(C(=O)[O-])oc1=O.[Na+]. The van der Waals surface area contributed by atoms with Crippen LogP contribution in [-0.4, -0.2) is 11.9 Å². The third-order valence-corrected chi connectivity index (χ3v) is 1.24. The molecule has 0 saturated carbocycles. The van der Waals surface area contributed by atoms with Gasteiger partial charge >= 0.3 is 41.2 Å². The molecule has 0 amide bonds. The average Bonchev–Trinajstić information content (AvgIpc) is 2.07. The molecule has 0 spiro atoms. The topological polar surface area (TPSA) is 96.6 Å². The van der Waals surface area contributed by atoms with E-state index >= 15 is 0 Å². The van der Waals surface area contributed by atoms with Crippen LogP contribution < -0.4 is 45.0 Å². The van der Waals surface area contributed by atoms with E-state index in [1.807, 2.05) is 0 Å². The summed E-state index contributed by atoms with van der Waals surface area (Å²) in [5.41, 5.74) is -1.04. The Balaban J connectivity index is 0.00000196. The van der Waals surface area contributed by atoms with Gasteiger partial charge in [-0.1, -0.05) is 0 Å². The summed E-state index contributed by atoms with van der Waals surface area (Å²) in [7, 11) is 0. The summed E-state index contributed by atoms with van der Waals surface area (Å²) in [5.74, 6) is -3.29. The summed E-state index contributed by atoms with van der Waals surface area (Å²) in [5, 5.41) is 10.2. The van der Waals surface area contributed by atoms with Crippen LogP contribution in [0.25, 0.3) is 0 Å². The first-order valence-corrected chi connectivity index (χ1v) is 3.54. The third kappa shape index (κ3) is 3.86. The second-order valence-electron chi connectivity index (χ2n) is 2.33. The van der Waals surface area contributed by atoms with Gasteiger partial charge in [0.25, 0.3) is 0 Å². The molecule has 0 atom stereocenters. The van der Waals surface area contributed by atoms with Gasteiger partial charge < -0.3 is 19.1 Å². The van der Waals surface area contributed by atoms with Crippen molar-refractivity contribution in [1.29, 1.82) is 0 Å². The summed E-state index contributed by atoms with van der Waals surface area (Å²) < 4.78 is 8.70.